The second-order valence-corrected chi connectivity index (χ2v) is 4.96. The predicted molar refractivity (Wildman–Crippen MR) is 74.5 cm³/mol. The molecule has 7 heteroatoms. The van der Waals surface area contributed by atoms with Crippen molar-refractivity contribution in [2.24, 2.45) is 0 Å². The van der Waals surface area contributed by atoms with Gasteiger partial charge >= 0.3 is 12.1 Å². The molecule has 1 unspecified atom stereocenters. The van der Waals surface area contributed by atoms with Crippen molar-refractivity contribution in [1.82, 2.24) is 0 Å². The Labute approximate surface area is 128 Å². The number of alkyl halides is 3. The van der Waals surface area contributed by atoms with Crippen molar-refractivity contribution in [3.05, 3.63) is 58.6 Å². The molecule has 0 saturated heterocycles. The number of aliphatic hydroxyl groups is 1. The number of halogens is 4. The van der Waals surface area contributed by atoms with Crippen LogP contribution in [0, 0.1) is 0 Å². The summed E-state index contributed by atoms with van der Waals surface area (Å²) in [6.07, 6.45) is -6.25. The summed E-state index contributed by atoms with van der Waals surface area (Å²) in [4.78, 5) is 10.7. The maximum Gasteiger partial charge on any atom is 0.416 e. The van der Waals surface area contributed by atoms with E-state index in [2.05, 4.69) is 0 Å². The molecule has 2 N–H and O–H groups in total. The maximum atomic E-state index is 12.7. The molecular weight excluding hydrogens is 321 g/mol. The number of aliphatic carboxylic acids is 1. The van der Waals surface area contributed by atoms with Crippen LogP contribution >= 0.6 is 11.6 Å². The average molecular weight is 331 g/mol. The van der Waals surface area contributed by atoms with Crippen LogP contribution in [0.25, 0.3) is 11.1 Å². The number of carboxylic acid groups (broad SMARTS) is 1. The average Bonchev–Trinajstić information content (AvgIpc) is 2.45. The molecule has 2 rings (SSSR count). The molecule has 116 valence electrons. The zero-order valence-electron chi connectivity index (χ0n) is 10.9. The van der Waals surface area contributed by atoms with Gasteiger partial charge in [-0.2, -0.15) is 13.2 Å². The zero-order valence-corrected chi connectivity index (χ0v) is 11.7. The van der Waals surface area contributed by atoms with Crippen LogP contribution in [0.2, 0.25) is 5.02 Å². The van der Waals surface area contributed by atoms with Gasteiger partial charge in [-0.25, -0.2) is 4.79 Å². The van der Waals surface area contributed by atoms with Gasteiger partial charge in [-0.1, -0.05) is 35.9 Å². The maximum absolute atomic E-state index is 12.7. The SMILES string of the molecule is O=C(O)C(O)c1ccc(-c2cccc(C(F)(F)F)c2)cc1Cl. The lowest BCUT2D eigenvalue weighted by Gasteiger charge is -2.12. The van der Waals surface area contributed by atoms with Crippen LogP contribution in [0.4, 0.5) is 13.2 Å². The highest BCUT2D eigenvalue weighted by Gasteiger charge is 2.30. The van der Waals surface area contributed by atoms with Crippen molar-refractivity contribution in [3.8, 4) is 11.1 Å². The lowest BCUT2D eigenvalue weighted by molar-refractivity contribution is -0.147. The first kappa shape index (κ1) is 16.3. The highest BCUT2D eigenvalue weighted by Crippen LogP contribution is 2.34. The van der Waals surface area contributed by atoms with Crippen molar-refractivity contribution in [2.75, 3.05) is 0 Å². The van der Waals surface area contributed by atoms with E-state index in [9.17, 15) is 23.1 Å². The van der Waals surface area contributed by atoms with Gasteiger partial charge < -0.3 is 10.2 Å². The van der Waals surface area contributed by atoms with Gasteiger partial charge in [0.25, 0.3) is 0 Å². The fourth-order valence-electron chi connectivity index (χ4n) is 1.94. The Morgan fingerprint density at radius 1 is 1.09 bits per heavy atom. The Morgan fingerprint density at radius 2 is 1.73 bits per heavy atom. The summed E-state index contributed by atoms with van der Waals surface area (Å²) in [5.41, 5.74) is -0.147. The molecule has 0 aliphatic carbocycles. The van der Waals surface area contributed by atoms with Gasteiger partial charge in [0.15, 0.2) is 6.10 Å². The van der Waals surface area contributed by atoms with E-state index in [1.54, 1.807) is 0 Å². The number of rotatable bonds is 3. The predicted octanol–water partition coefficient (Wildman–Crippen LogP) is 4.14. The molecule has 0 amide bonds. The van der Waals surface area contributed by atoms with Crippen molar-refractivity contribution < 1.29 is 28.2 Å². The van der Waals surface area contributed by atoms with Crippen LogP contribution in [0.15, 0.2) is 42.5 Å². The molecule has 2 aromatic rings. The first-order chi connectivity index (χ1) is 10.2. The lowest BCUT2D eigenvalue weighted by Crippen LogP contribution is -2.10. The number of carboxylic acids is 1. The Kier molecular flexibility index (Phi) is 4.44. The van der Waals surface area contributed by atoms with Crippen LogP contribution in [-0.2, 0) is 11.0 Å². The molecule has 0 heterocycles. The fraction of sp³-hybridized carbons (Fsp3) is 0.133. The second kappa shape index (κ2) is 5.98. The van der Waals surface area contributed by atoms with Crippen LogP contribution in [0.3, 0.4) is 0 Å². The largest absolute Gasteiger partial charge is 0.479 e. The Bertz CT molecular complexity index is 713. The van der Waals surface area contributed by atoms with Gasteiger partial charge in [0, 0.05) is 10.6 Å². The Balaban J connectivity index is 2.43. The normalized spacial score (nSPS) is 13.0. The number of hydrogen-bond acceptors (Lipinski definition) is 2. The summed E-state index contributed by atoms with van der Waals surface area (Å²) in [5.74, 6) is -1.46. The lowest BCUT2D eigenvalue weighted by atomic mass is 10.00. The summed E-state index contributed by atoms with van der Waals surface area (Å²) < 4.78 is 38.1. The Hall–Kier alpha value is -2.05. The van der Waals surface area contributed by atoms with Gasteiger partial charge in [0.1, 0.15) is 0 Å². The highest BCUT2D eigenvalue weighted by molar-refractivity contribution is 6.31. The second-order valence-electron chi connectivity index (χ2n) is 4.56. The topological polar surface area (TPSA) is 57.5 Å². The van der Waals surface area contributed by atoms with Crippen LogP contribution in [-0.4, -0.2) is 16.2 Å². The molecule has 0 radical (unpaired) electrons. The zero-order chi connectivity index (χ0) is 16.5. The molecule has 0 spiro atoms. The highest BCUT2D eigenvalue weighted by atomic mass is 35.5. The molecule has 3 nitrogen and oxygen atoms in total. The molecule has 0 fully saturated rings. The molecule has 0 aliphatic heterocycles. The number of hydrogen-bond donors (Lipinski definition) is 2. The van der Waals surface area contributed by atoms with E-state index in [0.717, 1.165) is 12.1 Å². The molecule has 22 heavy (non-hydrogen) atoms. The van der Waals surface area contributed by atoms with Crippen molar-refractivity contribution in [3.63, 3.8) is 0 Å². The number of benzene rings is 2. The van der Waals surface area contributed by atoms with Gasteiger partial charge in [0.05, 0.1) is 5.56 Å². The van der Waals surface area contributed by atoms with Crippen LogP contribution < -0.4 is 0 Å². The molecule has 0 bridgehead atoms. The van der Waals surface area contributed by atoms with Crippen molar-refractivity contribution >= 4 is 17.6 Å². The first-order valence-corrected chi connectivity index (χ1v) is 6.46. The van der Waals surface area contributed by atoms with E-state index in [4.69, 9.17) is 16.7 Å². The summed E-state index contributed by atoms with van der Waals surface area (Å²) in [5, 5.41) is 18.2. The van der Waals surface area contributed by atoms with E-state index in [1.165, 1.54) is 30.3 Å². The first-order valence-electron chi connectivity index (χ1n) is 6.08. The molecule has 1 atom stereocenters. The van der Waals surface area contributed by atoms with E-state index in [1.807, 2.05) is 0 Å². The van der Waals surface area contributed by atoms with E-state index in [0.29, 0.717) is 5.56 Å². The number of carbonyl (C=O) groups is 1. The van der Waals surface area contributed by atoms with Gasteiger partial charge in [-0.15, -0.1) is 0 Å². The van der Waals surface area contributed by atoms with Gasteiger partial charge in [0.2, 0.25) is 0 Å². The molecular formula is C15H10ClF3O3. The molecule has 2 aromatic carbocycles. The third-order valence-corrected chi connectivity index (χ3v) is 3.38. The third-order valence-electron chi connectivity index (χ3n) is 3.05. The third kappa shape index (κ3) is 3.40. The monoisotopic (exact) mass is 330 g/mol. The minimum atomic E-state index is -4.46. The number of aliphatic hydroxyl groups excluding tert-OH is 1. The molecule has 0 saturated carbocycles. The summed E-state index contributed by atoms with van der Waals surface area (Å²) in [7, 11) is 0. The summed E-state index contributed by atoms with van der Waals surface area (Å²) in [6, 6.07) is 8.67. The van der Waals surface area contributed by atoms with E-state index in [-0.39, 0.29) is 16.1 Å². The molecule has 0 aliphatic rings. The fourth-order valence-corrected chi connectivity index (χ4v) is 2.22. The quantitative estimate of drug-likeness (QED) is 0.889. The van der Waals surface area contributed by atoms with Crippen molar-refractivity contribution in [2.45, 2.75) is 12.3 Å². The minimum Gasteiger partial charge on any atom is -0.479 e. The van der Waals surface area contributed by atoms with Crippen LogP contribution in [0.1, 0.15) is 17.2 Å². The molecule has 0 aromatic heterocycles. The summed E-state index contributed by atoms with van der Waals surface area (Å²) >= 11 is 5.90. The van der Waals surface area contributed by atoms with E-state index >= 15 is 0 Å². The minimum absolute atomic E-state index is 0.0232. The van der Waals surface area contributed by atoms with Gasteiger partial charge in [-0.3, -0.25) is 0 Å². The van der Waals surface area contributed by atoms with Gasteiger partial charge in [-0.05, 0) is 29.3 Å². The standard InChI is InChI=1S/C15H10ClF3O3/c16-12-7-9(4-5-11(12)13(20)14(21)22)8-2-1-3-10(6-8)15(17,18)19/h1-7,13,20H,(H,21,22). The summed E-state index contributed by atoms with van der Waals surface area (Å²) in [6.45, 7) is 0. The van der Waals surface area contributed by atoms with Crippen LogP contribution in [0.5, 0.6) is 0 Å². The van der Waals surface area contributed by atoms with E-state index < -0.39 is 23.8 Å². The smallest absolute Gasteiger partial charge is 0.416 e. The van der Waals surface area contributed by atoms with Crippen molar-refractivity contribution in [1.29, 1.82) is 0 Å². The Morgan fingerprint density at radius 3 is 2.27 bits per heavy atom.